The summed E-state index contributed by atoms with van der Waals surface area (Å²) in [6.45, 7) is 16.3. The van der Waals surface area contributed by atoms with Crippen molar-refractivity contribution in [3.8, 4) is 0 Å². The molecule has 6 aliphatic rings. The van der Waals surface area contributed by atoms with Gasteiger partial charge in [-0.25, -0.2) is 0 Å². The van der Waals surface area contributed by atoms with Gasteiger partial charge < -0.3 is 25.3 Å². The number of aliphatic hydroxyl groups excluding tert-OH is 2. The van der Waals surface area contributed by atoms with Gasteiger partial charge in [0.2, 0.25) is 17.7 Å². The molecular weight excluding hydrogens is 604 g/mol. The van der Waals surface area contributed by atoms with Crippen molar-refractivity contribution < 1.29 is 24.6 Å². The van der Waals surface area contributed by atoms with Crippen LogP contribution in [0.1, 0.15) is 119 Å². The largest absolute Gasteiger partial charge is 0.393 e. The van der Waals surface area contributed by atoms with Crippen LogP contribution in [-0.4, -0.2) is 106 Å². The molecule has 4 saturated carbocycles. The van der Waals surface area contributed by atoms with Gasteiger partial charge >= 0.3 is 0 Å². The minimum absolute atomic E-state index is 0.0231. The number of hydrogen-bond acceptors (Lipinski definition) is 6. The highest BCUT2D eigenvalue weighted by atomic mass is 16.3. The molecule has 6 fully saturated rings. The Bertz CT molecular complexity index is 1190. The third kappa shape index (κ3) is 6.70. The number of amides is 3. The third-order valence-electron chi connectivity index (χ3n) is 14.5. The van der Waals surface area contributed by atoms with Crippen LogP contribution in [0.25, 0.3) is 0 Å². The van der Waals surface area contributed by atoms with Gasteiger partial charge in [0.05, 0.1) is 12.2 Å². The summed E-state index contributed by atoms with van der Waals surface area (Å²) < 4.78 is 0. The zero-order valence-electron chi connectivity index (χ0n) is 30.8. The predicted molar refractivity (Wildman–Crippen MR) is 187 cm³/mol. The molecule has 9 nitrogen and oxygen atoms in total. The number of likely N-dealkylation sites (tertiary alicyclic amines) is 1. The van der Waals surface area contributed by atoms with Crippen molar-refractivity contribution in [2.45, 2.75) is 149 Å². The van der Waals surface area contributed by atoms with Gasteiger partial charge in [-0.2, -0.15) is 0 Å². The Kier molecular flexibility index (Phi) is 10.6. The second-order valence-electron chi connectivity index (χ2n) is 18.3. The predicted octanol–water partition coefficient (Wildman–Crippen LogP) is 4.44. The molecule has 0 aromatic rings. The van der Waals surface area contributed by atoms with Crippen LogP contribution >= 0.6 is 0 Å². The Labute approximate surface area is 289 Å². The van der Waals surface area contributed by atoms with E-state index in [1.165, 1.54) is 19.3 Å². The number of piperazine rings is 1. The van der Waals surface area contributed by atoms with Gasteiger partial charge in [0.25, 0.3) is 0 Å². The molecule has 0 aromatic carbocycles. The van der Waals surface area contributed by atoms with Crippen molar-refractivity contribution in [2.24, 2.45) is 46.3 Å². The van der Waals surface area contributed by atoms with Gasteiger partial charge in [0.15, 0.2) is 0 Å². The van der Waals surface area contributed by atoms with Crippen LogP contribution < -0.4 is 5.32 Å². The van der Waals surface area contributed by atoms with Crippen molar-refractivity contribution in [3.05, 3.63) is 0 Å². The minimum atomic E-state index is -0.600. The highest BCUT2D eigenvalue weighted by molar-refractivity contribution is 5.92. The molecule has 0 spiro atoms. The summed E-state index contributed by atoms with van der Waals surface area (Å²) in [5, 5.41) is 25.5. The van der Waals surface area contributed by atoms with E-state index < -0.39 is 12.1 Å². The molecule has 4 aliphatic carbocycles. The highest BCUT2D eigenvalue weighted by Crippen LogP contribution is 2.66. The average molecular weight is 671 g/mol. The molecule has 9 heteroatoms. The van der Waals surface area contributed by atoms with E-state index in [0.29, 0.717) is 62.6 Å². The number of carbonyl (C=O) groups is 3. The molecule has 48 heavy (non-hydrogen) atoms. The SMILES string of the molecule is CC(C)CC(=O)N1CCC[C@H]1C(=O)N[C@@H](CC(C)C)C(=O)N1CCN([C@H]2C[C@@]3(C)[C@@H](CC[C@@H]4[C@@H]3CC[C@]3(C)[C@@H](O)CC[C@@H]43)C[C@@H]2O)CC1. The molecule has 3 N–H and O–H groups in total. The molecule has 0 radical (unpaired) electrons. The number of nitrogens with zero attached hydrogens (tertiary/aromatic N) is 3. The monoisotopic (exact) mass is 671 g/mol. The fraction of sp³-hybridized carbons (Fsp3) is 0.923. The standard InChI is InChI=1S/C39H66N4O5/c1-24(2)20-30(40-36(47)31-8-7-15-43(31)35(46)21-25(3)4)37(48)42-18-16-41(17-19-42)32-23-39(6)26(22-33(32)44)9-10-27-28-11-12-34(45)38(28,5)14-13-29(27)39/h24-34,44-45H,7-23H2,1-6H3,(H,40,47)/t26-,27-,28-,29-,30-,31-,32-,33-,34-,38-,39-/m0/s1. The summed E-state index contributed by atoms with van der Waals surface area (Å²) in [5.41, 5.74) is 0.279. The first-order valence-electron chi connectivity index (χ1n) is 19.7. The van der Waals surface area contributed by atoms with Crippen LogP contribution in [0.5, 0.6) is 0 Å². The average Bonchev–Trinajstić information content (AvgIpc) is 3.65. The van der Waals surface area contributed by atoms with Gasteiger partial charge in [0.1, 0.15) is 12.1 Å². The summed E-state index contributed by atoms with van der Waals surface area (Å²) in [6.07, 6.45) is 10.7. The highest BCUT2D eigenvalue weighted by Gasteiger charge is 2.61. The van der Waals surface area contributed by atoms with Gasteiger partial charge in [0, 0.05) is 45.2 Å². The maximum atomic E-state index is 14.0. The number of aliphatic hydroxyl groups is 2. The van der Waals surface area contributed by atoms with E-state index >= 15 is 0 Å². The smallest absolute Gasteiger partial charge is 0.245 e. The lowest BCUT2D eigenvalue weighted by Crippen LogP contribution is -2.63. The first-order chi connectivity index (χ1) is 22.7. The number of nitrogens with one attached hydrogen (secondary N) is 1. The lowest BCUT2D eigenvalue weighted by molar-refractivity contribution is -0.157. The van der Waals surface area contributed by atoms with Crippen molar-refractivity contribution in [2.75, 3.05) is 32.7 Å². The molecule has 6 rings (SSSR count). The summed E-state index contributed by atoms with van der Waals surface area (Å²) in [7, 11) is 0. The van der Waals surface area contributed by atoms with Crippen LogP contribution in [-0.2, 0) is 14.4 Å². The molecule has 0 bridgehead atoms. The molecule has 2 heterocycles. The van der Waals surface area contributed by atoms with Gasteiger partial charge in [-0.15, -0.1) is 0 Å². The summed E-state index contributed by atoms with van der Waals surface area (Å²) in [5.74, 6) is 2.80. The van der Waals surface area contributed by atoms with Crippen molar-refractivity contribution in [3.63, 3.8) is 0 Å². The Hall–Kier alpha value is -1.71. The Morgan fingerprint density at radius 3 is 2.23 bits per heavy atom. The summed E-state index contributed by atoms with van der Waals surface area (Å²) >= 11 is 0. The number of rotatable bonds is 8. The summed E-state index contributed by atoms with van der Waals surface area (Å²) in [4.78, 5) is 46.5. The number of fused-ring (bicyclic) bond motifs is 5. The Balaban J connectivity index is 1.08. The second-order valence-corrected chi connectivity index (χ2v) is 18.3. The van der Waals surface area contributed by atoms with E-state index in [0.717, 1.165) is 51.6 Å². The quantitative estimate of drug-likeness (QED) is 0.352. The third-order valence-corrected chi connectivity index (χ3v) is 14.5. The van der Waals surface area contributed by atoms with E-state index in [1.54, 1.807) is 4.90 Å². The van der Waals surface area contributed by atoms with E-state index in [9.17, 15) is 24.6 Å². The van der Waals surface area contributed by atoms with Crippen molar-refractivity contribution >= 4 is 17.7 Å². The maximum absolute atomic E-state index is 14.0. The fourth-order valence-corrected chi connectivity index (χ4v) is 11.9. The van der Waals surface area contributed by atoms with Crippen LogP contribution in [0.2, 0.25) is 0 Å². The molecule has 272 valence electrons. The second kappa shape index (κ2) is 14.1. The molecule has 2 saturated heterocycles. The van der Waals surface area contributed by atoms with Gasteiger partial charge in [-0.3, -0.25) is 19.3 Å². The normalized spacial score (nSPS) is 40.8. The minimum Gasteiger partial charge on any atom is -0.393 e. The van der Waals surface area contributed by atoms with Crippen LogP contribution in [0.3, 0.4) is 0 Å². The van der Waals surface area contributed by atoms with Crippen molar-refractivity contribution in [1.29, 1.82) is 0 Å². The molecule has 3 amide bonds. The van der Waals surface area contributed by atoms with Gasteiger partial charge in [-0.1, -0.05) is 41.5 Å². The van der Waals surface area contributed by atoms with E-state index in [4.69, 9.17) is 0 Å². The van der Waals surface area contributed by atoms with Crippen LogP contribution in [0.15, 0.2) is 0 Å². The maximum Gasteiger partial charge on any atom is 0.245 e. The lowest BCUT2D eigenvalue weighted by atomic mass is 9.44. The Morgan fingerprint density at radius 1 is 0.833 bits per heavy atom. The van der Waals surface area contributed by atoms with E-state index in [2.05, 4.69) is 37.9 Å². The van der Waals surface area contributed by atoms with Crippen molar-refractivity contribution in [1.82, 2.24) is 20.0 Å². The zero-order valence-corrected chi connectivity index (χ0v) is 30.8. The molecule has 0 aromatic heterocycles. The van der Waals surface area contributed by atoms with E-state index in [1.807, 2.05) is 18.7 Å². The summed E-state index contributed by atoms with van der Waals surface area (Å²) in [6, 6.07) is -0.992. The fourth-order valence-electron chi connectivity index (χ4n) is 11.9. The number of carbonyl (C=O) groups excluding carboxylic acids is 3. The van der Waals surface area contributed by atoms with E-state index in [-0.39, 0.29) is 58.6 Å². The molecular formula is C39H66N4O5. The first-order valence-corrected chi connectivity index (χ1v) is 19.7. The van der Waals surface area contributed by atoms with Crippen LogP contribution in [0.4, 0.5) is 0 Å². The lowest BCUT2D eigenvalue weighted by Gasteiger charge is -2.62. The molecule has 11 atom stereocenters. The first kappa shape index (κ1) is 36.1. The topological polar surface area (TPSA) is 113 Å². The van der Waals surface area contributed by atoms with Gasteiger partial charge in [-0.05, 0) is 117 Å². The Morgan fingerprint density at radius 2 is 1.54 bits per heavy atom. The molecule has 2 aliphatic heterocycles. The zero-order chi connectivity index (χ0) is 34.5. The molecule has 0 unspecified atom stereocenters. The van der Waals surface area contributed by atoms with Crippen LogP contribution in [0, 0.1) is 46.3 Å². The number of hydrogen-bond donors (Lipinski definition) is 3.